The van der Waals surface area contributed by atoms with Gasteiger partial charge in [-0.3, -0.25) is 4.79 Å². The average Bonchev–Trinajstić information content (AvgIpc) is 2.48. The van der Waals surface area contributed by atoms with Crippen molar-refractivity contribution in [3.8, 4) is 0 Å². The molecule has 0 saturated heterocycles. The molecule has 0 spiro atoms. The molecule has 2 aromatic carbocycles. The summed E-state index contributed by atoms with van der Waals surface area (Å²) in [6, 6.07) is 16.3. The maximum atomic E-state index is 12.2. The van der Waals surface area contributed by atoms with E-state index >= 15 is 0 Å². The van der Waals surface area contributed by atoms with E-state index in [1.54, 1.807) is 0 Å². The molecule has 2 rings (SSSR count). The molecule has 0 aliphatic rings. The summed E-state index contributed by atoms with van der Waals surface area (Å²) in [5.41, 5.74) is 4.47. The molecule has 0 saturated carbocycles. The van der Waals surface area contributed by atoms with Crippen LogP contribution < -0.4 is 0 Å². The van der Waals surface area contributed by atoms with Gasteiger partial charge in [0, 0.05) is 25.1 Å². The summed E-state index contributed by atoms with van der Waals surface area (Å²) in [6.45, 7) is 5.74. The van der Waals surface area contributed by atoms with Crippen LogP contribution in [-0.2, 0) is 6.54 Å². The van der Waals surface area contributed by atoms with Gasteiger partial charge in [0.2, 0.25) is 0 Å². The topological polar surface area (TPSA) is 20.3 Å². The van der Waals surface area contributed by atoms with E-state index in [9.17, 15) is 4.79 Å². The molecule has 0 atom stereocenters. The van der Waals surface area contributed by atoms with Gasteiger partial charge in [-0.25, -0.2) is 0 Å². The van der Waals surface area contributed by atoms with Crippen LogP contribution in [0.25, 0.3) is 0 Å². The second-order valence-corrected chi connectivity index (χ2v) is 5.71. The number of rotatable bonds is 6. The molecule has 0 bridgehead atoms. The summed E-state index contributed by atoms with van der Waals surface area (Å²) in [4.78, 5) is 14.4. The van der Waals surface area contributed by atoms with E-state index in [0.29, 0.717) is 6.42 Å². The minimum absolute atomic E-state index is 0.226. The van der Waals surface area contributed by atoms with Crippen molar-refractivity contribution in [3.05, 3.63) is 70.8 Å². The number of hydrogen-bond donors (Lipinski definition) is 0. The number of Topliss-reactive ketones (excluding diaryl/α,β-unsaturated/α-hetero) is 1. The molecular formula is C19H23NO. The van der Waals surface area contributed by atoms with Crippen molar-refractivity contribution in [2.75, 3.05) is 13.6 Å². The minimum atomic E-state index is 0.226. The van der Waals surface area contributed by atoms with Crippen LogP contribution in [-0.4, -0.2) is 24.3 Å². The van der Waals surface area contributed by atoms with Crippen molar-refractivity contribution in [1.82, 2.24) is 4.90 Å². The first kappa shape index (κ1) is 15.5. The molecule has 21 heavy (non-hydrogen) atoms. The zero-order chi connectivity index (χ0) is 15.2. The molecule has 0 aliphatic heterocycles. The predicted molar refractivity (Wildman–Crippen MR) is 87.6 cm³/mol. The number of hydrogen-bond acceptors (Lipinski definition) is 2. The Morgan fingerprint density at radius 2 is 1.67 bits per heavy atom. The van der Waals surface area contributed by atoms with Crippen LogP contribution in [0.1, 0.15) is 33.5 Å². The predicted octanol–water partition coefficient (Wildman–Crippen LogP) is 4.01. The zero-order valence-electron chi connectivity index (χ0n) is 13.1. The summed E-state index contributed by atoms with van der Waals surface area (Å²) >= 11 is 0. The Morgan fingerprint density at radius 1 is 1.00 bits per heavy atom. The molecule has 0 aliphatic carbocycles. The second kappa shape index (κ2) is 7.19. The molecule has 0 N–H and O–H groups in total. The van der Waals surface area contributed by atoms with Crippen LogP contribution in [0.5, 0.6) is 0 Å². The molecule has 0 aromatic heterocycles. The van der Waals surface area contributed by atoms with Crippen LogP contribution in [0.2, 0.25) is 0 Å². The quantitative estimate of drug-likeness (QED) is 0.746. The van der Waals surface area contributed by atoms with Crippen molar-refractivity contribution in [1.29, 1.82) is 0 Å². The molecule has 2 heteroatoms. The minimum Gasteiger partial charge on any atom is -0.302 e. The first-order valence-corrected chi connectivity index (χ1v) is 7.39. The summed E-state index contributed by atoms with van der Waals surface area (Å²) in [5, 5.41) is 0. The number of ketones is 1. The van der Waals surface area contributed by atoms with Crippen molar-refractivity contribution in [2.24, 2.45) is 0 Å². The number of aryl methyl sites for hydroxylation is 2. The summed E-state index contributed by atoms with van der Waals surface area (Å²) < 4.78 is 0. The largest absolute Gasteiger partial charge is 0.302 e. The maximum absolute atomic E-state index is 12.2. The lowest BCUT2D eigenvalue weighted by atomic mass is 10.0. The van der Waals surface area contributed by atoms with Crippen LogP contribution in [0.3, 0.4) is 0 Å². The normalized spacial score (nSPS) is 10.9. The van der Waals surface area contributed by atoms with E-state index in [4.69, 9.17) is 0 Å². The first-order chi connectivity index (χ1) is 10.1. The van der Waals surface area contributed by atoms with E-state index in [1.165, 1.54) is 11.1 Å². The highest BCUT2D eigenvalue weighted by Gasteiger charge is 2.09. The van der Waals surface area contributed by atoms with Crippen molar-refractivity contribution >= 4 is 5.78 Å². The highest BCUT2D eigenvalue weighted by Crippen LogP contribution is 2.11. The highest BCUT2D eigenvalue weighted by atomic mass is 16.1. The number of carbonyl (C=O) groups is 1. The fourth-order valence-electron chi connectivity index (χ4n) is 2.40. The maximum Gasteiger partial charge on any atom is 0.164 e. The molecule has 0 heterocycles. The average molecular weight is 281 g/mol. The molecule has 0 unspecified atom stereocenters. The summed E-state index contributed by atoms with van der Waals surface area (Å²) in [5.74, 6) is 0.226. The molecule has 0 amide bonds. The van der Waals surface area contributed by atoms with E-state index in [2.05, 4.69) is 43.1 Å². The second-order valence-electron chi connectivity index (χ2n) is 5.71. The molecule has 0 radical (unpaired) electrons. The van der Waals surface area contributed by atoms with Gasteiger partial charge in [-0.2, -0.15) is 0 Å². The van der Waals surface area contributed by atoms with Crippen LogP contribution in [0, 0.1) is 13.8 Å². The van der Waals surface area contributed by atoms with Crippen LogP contribution >= 0.6 is 0 Å². The van der Waals surface area contributed by atoms with Gasteiger partial charge in [0.05, 0.1) is 0 Å². The Balaban J connectivity index is 1.86. The van der Waals surface area contributed by atoms with Crippen molar-refractivity contribution < 1.29 is 4.79 Å². The SMILES string of the molecule is Cc1ccc(CN(C)CCC(=O)c2ccccc2C)cc1. The van der Waals surface area contributed by atoms with Gasteiger partial charge in [0.25, 0.3) is 0 Å². The van der Waals surface area contributed by atoms with Crippen molar-refractivity contribution in [2.45, 2.75) is 26.8 Å². The Hall–Kier alpha value is -1.93. The van der Waals surface area contributed by atoms with Gasteiger partial charge < -0.3 is 4.90 Å². The van der Waals surface area contributed by atoms with E-state index in [-0.39, 0.29) is 5.78 Å². The Morgan fingerprint density at radius 3 is 2.33 bits per heavy atom. The van der Waals surface area contributed by atoms with E-state index < -0.39 is 0 Å². The van der Waals surface area contributed by atoms with Gasteiger partial charge in [0.1, 0.15) is 0 Å². The third-order valence-electron chi connectivity index (χ3n) is 3.74. The Labute approximate surface area is 127 Å². The zero-order valence-corrected chi connectivity index (χ0v) is 13.1. The Kier molecular flexibility index (Phi) is 5.29. The lowest BCUT2D eigenvalue weighted by Gasteiger charge is -2.16. The highest BCUT2D eigenvalue weighted by molar-refractivity contribution is 5.97. The molecule has 0 fully saturated rings. The third kappa shape index (κ3) is 4.54. The van der Waals surface area contributed by atoms with Crippen LogP contribution in [0.4, 0.5) is 0 Å². The summed E-state index contributed by atoms with van der Waals surface area (Å²) in [6.07, 6.45) is 0.563. The fraction of sp³-hybridized carbons (Fsp3) is 0.316. The molecule has 110 valence electrons. The van der Waals surface area contributed by atoms with E-state index in [0.717, 1.165) is 24.2 Å². The van der Waals surface area contributed by atoms with Gasteiger partial charge in [0.15, 0.2) is 5.78 Å². The fourth-order valence-corrected chi connectivity index (χ4v) is 2.40. The van der Waals surface area contributed by atoms with E-state index in [1.807, 2.05) is 31.2 Å². The molecule has 2 aromatic rings. The number of carbonyl (C=O) groups excluding carboxylic acids is 1. The third-order valence-corrected chi connectivity index (χ3v) is 3.74. The lowest BCUT2D eigenvalue weighted by Crippen LogP contribution is -2.21. The number of nitrogens with zero attached hydrogens (tertiary/aromatic N) is 1. The molecular weight excluding hydrogens is 258 g/mol. The van der Waals surface area contributed by atoms with Crippen molar-refractivity contribution in [3.63, 3.8) is 0 Å². The standard InChI is InChI=1S/C19H23NO/c1-15-8-10-17(11-9-15)14-20(3)13-12-19(21)18-7-5-4-6-16(18)2/h4-11H,12-14H2,1-3H3. The Bertz CT molecular complexity index is 601. The monoisotopic (exact) mass is 281 g/mol. The first-order valence-electron chi connectivity index (χ1n) is 7.39. The smallest absolute Gasteiger partial charge is 0.164 e. The van der Waals surface area contributed by atoms with Gasteiger partial charge >= 0.3 is 0 Å². The lowest BCUT2D eigenvalue weighted by molar-refractivity contribution is 0.0967. The molecule has 2 nitrogen and oxygen atoms in total. The van der Waals surface area contributed by atoms with Gasteiger partial charge in [-0.1, -0.05) is 54.1 Å². The number of benzene rings is 2. The summed E-state index contributed by atoms with van der Waals surface area (Å²) in [7, 11) is 2.06. The van der Waals surface area contributed by atoms with Gasteiger partial charge in [-0.05, 0) is 32.0 Å². The van der Waals surface area contributed by atoms with Crippen LogP contribution in [0.15, 0.2) is 48.5 Å². The van der Waals surface area contributed by atoms with Gasteiger partial charge in [-0.15, -0.1) is 0 Å².